The van der Waals surface area contributed by atoms with Crippen molar-refractivity contribution in [1.29, 1.82) is 0 Å². The van der Waals surface area contributed by atoms with E-state index in [9.17, 15) is 13.9 Å². The molecule has 0 spiro atoms. The molecule has 0 fully saturated rings. The lowest BCUT2D eigenvalue weighted by Gasteiger charge is -2.08. The summed E-state index contributed by atoms with van der Waals surface area (Å²) in [6.45, 7) is -0.134. The molecule has 3 rings (SSSR count). The van der Waals surface area contributed by atoms with E-state index >= 15 is 0 Å². The Morgan fingerprint density at radius 1 is 1.21 bits per heavy atom. The molecule has 0 aliphatic heterocycles. The fourth-order valence-electron chi connectivity index (χ4n) is 2.31. The first-order valence-corrected chi connectivity index (χ1v) is 8.33. The van der Waals surface area contributed by atoms with Gasteiger partial charge in [-0.05, 0) is 24.6 Å². The second kappa shape index (κ2) is 9.74. The number of rotatable bonds is 7. The Balaban J connectivity index is 0.00000280. The van der Waals surface area contributed by atoms with E-state index in [0.29, 0.717) is 11.4 Å². The van der Waals surface area contributed by atoms with Crippen LogP contribution in [0.1, 0.15) is 12.1 Å². The molecule has 2 aromatic heterocycles. The van der Waals surface area contributed by atoms with Gasteiger partial charge in [0.2, 0.25) is 0 Å². The number of hydrogen-bond acceptors (Lipinski definition) is 6. The quantitative estimate of drug-likeness (QED) is 0.595. The normalized spacial score (nSPS) is 11.8. The maximum atomic E-state index is 14.3. The minimum Gasteiger partial charge on any atom is -0.433 e. The predicted octanol–water partition coefficient (Wildman–Crippen LogP) is 3.09. The van der Waals surface area contributed by atoms with Gasteiger partial charge < -0.3 is 14.9 Å². The molecule has 150 valence electrons. The molecule has 0 amide bonds. The van der Waals surface area contributed by atoms with Crippen LogP contribution in [0.3, 0.4) is 0 Å². The molecule has 0 radical (unpaired) electrons. The summed E-state index contributed by atoms with van der Waals surface area (Å²) in [6, 6.07) is 4.97. The first-order chi connectivity index (χ1) is 13.0. The SMILES string of the molecule is Cl.OCCC(O)Cc1cn(-c2ccc(Oc3ncc(Cl)cc3F)c(F)c2)nn1. The molecule has 11 heteroatoms. The first-order valence-electron chi connectivity index (χ1n) is 7.95. The Morgan fingerprint density at radius 3 is 2.68 bits per heavy atom. The number of aliphatic hydroxyl groups is 2. The molecule has 1 aromatic carbocycles. The van der Waals surface area contributed by atoms with Gasteiger partial charge in [-0.25, -0.2) is 18.4 Å². The zero-order chi connectivity index (χ0) is 19.4. The molecular formula is C17H16Cl2F2N4O3. The zero-order valence-electron chi connectivity index (χ0n) is 14.3. The molecule has 0 saturated heterocycles. The fraction of sp³-hybridized carbons (Fsp3) is 0.235. The van der Waals surface area contributed by atoms with Crippen molar-refractivity contribution in [2.45, 2.75) is 18.9 Å². The van der Waals surface area contributed by atoms with Crippen LogP contribution in [0.15, 0.2) is 36.7 Å². The molecule has 0 bridgehead atoms. The standard InChI is InChI=1S/C17H15ClF2N4O3.ClH/c18-10-5-15(20)17(21-8-10)27-16-2-1-12(7-14(16)19)24-9-11(22-23-24)6-13(26)3-4-25;/h1-2,5,7-9,13,25-26H,3-4,6H2;1H. The Bertz CT molecular complexity index is 943. The lowest BCUT2D eigenvalue weighted by atomic mass is 10.1. The topological polar surface area (TPSA) is 93.3 Å². The zero-order valence-corrected chi connectivity index (χ0v) is 15.9. The summed E-state index contributed by atoms with van der Waals surface area (Å²) in [5, 5.41) is 26.4. The third-order valence-corrected chi connectivity index (χ3v) is 3.82. The summed E-state index contributed by atoms with van der Waals surface area (Å²) < 4.78 is 34.5. The Kier molecular flexibility index (Phi) is 7.64. The van der Waals surface area contributed by atoms with Gasteiger partial charge in [0, 0.05) is 25.3 Å². The Morgan fingerprint density at radius 2 is 2.00 bits per heavy atom. The van der Waals surface area contributed by atoms with E-state index in [0.717, 1.165) is 12.1 Å². The molecule has 0 aliphatic carbocycles. The smallest absolute Gasteiger partial charge is 0.256 e. The third kappa shape index (κ3) is 5.35. The van der Waals surface area contributed by atoms with E-state index in [1.54, 1.807) is 0 Å². The second-order valence-corrected chi connectivity index (χ2v) is 6.12. The van der Waals surface area contributed by atoms with E-state index in [1.807, 2.05) is 0 Å². The van der Waals surface area contributed by atoms with Crippen molar-refractivity contribution in [3.8, 4) is 17.3 Å². The van der Waals surface area contributed by atoms with Gasteiger partial charge in [-0.2, -0.15) is 0 Å². The average Bonchev–Trinajstić information content (AvgIpc) is 3.07. The summed E-state index contributed by atoms with van der Waals surface area (Å²) in [5.41, 5.74) is 0.851. The summed E-state index contributed by atoms with van der Waals surface area (Å²) in [6.07, 6.45) is 2.42. The molecule has 0 aliphatic rings. The molecule has 3 aromatic rings. The number of benzene rings is 1. The molecule has 1 unspecified atom stereocenters. The third-order valence-electron chi connectivity index (χ3n) is 3.61. The monoisotopic (exact) mass is 432 g/mol. The molecule has 28 heavy (non-hydrogen) atoms. The van der Waals surface area contributed by atoms with Gasteiger partial charge >= 0.3 is 0 Å². The van der Waals surface area contributed by atoms with Crippen molar-refractivity contribution >= 4 is 24.0 Å². The number of pyridine rings is 1. The van der Waals surface area contributed by atoms with Crippen molar-refractivity contribution in [2.24, 2.45) is 0 Å². The van der Waals surface area contributed by atoms with Crippen LogP contribution >= 0.6 is 24.0 Å². The van der Waals surface area contributed by atoms with Gasteiger partial charge in [0.1, 0.15) is 0 Å². The van der Waals surface area contributed by atoms with Crippen molar-refractivity contribution < 1.29 is 23.7 Å². The van der Waals surface area contributed by atoms with Crippen molar-refractivity contribution in [2.75, 3.05) is 6.61 Å². The Hall–Kier alpha value is -2.33. The minimum atomic E-state index is -0.812. The number of hydrogen-bond donors (Lipinski definition) is 2. The number of ether oxygens (including phenoxy) is 1. The lowest BCUT2D eigenvalue weighted by molar-refractivity contribution is 0.132. The summed E-state index contributed by atoms with van der Waals surface area (Å²) in [4.78, 5) is 3.68. The van der Waals surface area contributed by atoms with E-state index < -0.39 is 23.6 Å². The highest BCUT2D eigenvalue weighted by molar-refractivity contribution is 6.30. The van der Waals surface area contributed by atoms with Gasteiger partial charge in [0.25, 0.3) is 5.88 Å². The van der Waals surface area contributed by atoms with Crippen LogP contribution in [0.25, 0.3) is 5.69 Å². The highest BCUT2D eigenvalue weighted by atomic mass is 35.5. The maximum absolute atomic E-state index is 14.3. The predicted molar refractivity (Wildman–Crippen MR) is 99.3 cm³/mol. The first kappa shape index (κ1) is 22.0. The molecule has 2 N–H and O–H groups in total. The van der Waals surface area contributed by atoms with Gasteiger partial charge in [-0.15, -0.1) is 17.5 Å². The molecule has 1 atom stereocenters. The highest BCUT2D eigenvalue weighted by Crippen LogP contribution is 2.27. The van der Waals surface area contributed by atoms with Crippen LogP contribution in [0.5, 0.6) is 11.6 Å². The number of halogens is 4. The van der Waals surface area contributed by atoms with Crippen molar-refractivity contribution in [3.63, 3.8) is 0 Å². The highest BCUT2D eigenvalue weighted by Gasteiger charge is 2.14. The van der Waals surface area contributed by atoms with Crippen LogP contribution in [0, 0.1) is 11.6 Å². The van der Waals surface area contributed by atoms with E-state index in [1.165, 1.54) is 29.2 Å². The van der Waals surface area contributed by atoms with E-state index in [-0.39, 0.29) is 42.6 Å². The second-order valence-electron chi connectivity index (χ2n) is 5.68. The van der Waals surface area contributed by atoms with Crippen LogP contribution in [0.2, 0.25) is 5.02 Å². The van der Waals surface area contributed by atoms with Crippen LogP contribution in [0.4, 0.5) is 8.78 Å². The van der Waals surface area contributed by atoms with Crippen molar-refractivity contribution in [1.82, 2.24) is 20.0 Å². The molecular weight excluding hydrogens is 417 g/mol. The van der Waals surface area contributed by atoms with Crippen LogP contribution in [-0.4, -0.2) is 42.9 Å². The number of aliphatic hydroxyl groups excluding tert-OH is 2. The summed E-state index contributed by atoms with van der Waals surface area (Å²) in [7, 11) is 0. The molecule has 0 saturated carbocycles. The van der Waals surface area contributed by atoms with E-state index in [2.05, 4.69) is 15.3 Å². The minimum absolute atomic E-state index is 0. The summed E-state index contributed by atoms with van der Waals surface area (Å²) >= 11 is 5.61. The largest absolute Gasteiger partial charge is 0.433 e. The molecule has 7 nitrogen and oxygen atoms in total. The van der Waals surface area contributed by atoms with Crippen molar-refractivity contribution in [3.05, 3.63) is 59.0 Å². The van der Waals surface area contributed by atoms with E-state index in [4.69, 9.17) is 21.4 Å². The summed E-state index contributed by atoms with van der Waals surface area (Å²) in [5.74, 6) is -2.17. The molecule has 2 heterocycles. The van der Waals surface area contributed by atoms with Crippen LogP contribution in [-0.2, 0) is 6.42 Å². The van der Waals surface area contributed by atoms with Gasteiger partial charge in [0.05, 0.1) is 28.7 Å². The average molecular weight is 433 g/mol. The maximum Gasteiger partial charge on any atom is 0.256 e. The lowest BCUT2D eigenvalue weighted by Crippen LogP contribution is -2.12. The van der Waals surface area contributed by atoms with Gasteiger partial charge in [-0.1, -0.05) is 16.8 Å². The number of aromatic nitrogens is 4. The van der Waals surface area contributed by atoms with Crippen LogP contribution < -0.4 is 4.74 Å². The van der Waals surface area contributed by atoms with Gasteiger partial charge in [0.15, 0.2) is 17.4 Å². The number of nitrogens with zero attached hydrogens (tertiary/aromatic N) is 4. The fourth-order valence-corrected chi connectivity index (χ4v) is 2.45. The Labute approximate surface area is 170 Å². The van der Waals surface area contributed by atoms with Gasteiger partial charge in [-0.3, -0.25) is 0 Å².